The molecule has 0 aromatic heterocycles. The molecule has 0 saturated carbocycles. The zero-order valence-electron chi connectivity index (χ0n) is 16.5. The first kappa shape index (κ1) is 18.8. The number of esters is 1. The molecule has 0 amide bonds. The smallest absolute Gasteiger partial charge is 0.308 e. The molecule has 0 saturated heterocycles. The Hall–Kier alpha value is -3.59. The second-order valence-electron chi connectivity index (χ2n) is 6.89. The largest absolute Gasteiger partial charge is 0.493 e. The van der Waals surface area contributed by atoms with Crippen molar-refractivity contribution < 1.29 is 14.3 Å². The lowest BCUT2D eigenvalue weighted by molar-refractivity contribution is -0.131. The SMILES string of the molecule is COc1cc(C(c2ccccc2)c2ccccc2)c2ccccc2c1OC(C)=O. The molecular formula is C26H22O3. The summed E-state index contributed by atoms with van der Waals surface area (Å²) < 4.78 is 11.2. The second kappa shape index (κ2) is 8.19. The molecule has 0 aliphatic carbocycles. The number of carbonyl (C=O) groups is 1. The third-order valence-corrected chi connectivity index (χ3v) is 5.04. The quantitative estimate of drug-likeness (QED) is 0.243. The minimum atomic E-state index is -0.371. The highest BCUT2D eigenvalue weighted by Gasteiger charge is 2.23. The average molecular weight is 382 g/mol. The van der Waals surface area contributed by atoms with Gasteiger partial charge in [-0.3, -0.25) is 4.79 Å². The van der Waals surface area contributed by atoms with Crippen LogP contribution >= 0.6 is 0 Å². The van der Waals surface area contributed by atoms with Gasteiger partial charge in [0.1, 0.15) is 0 Å². The van der Waals surface area contributed by atoms with E-state index in [-0.39, 0.29) is 11.9 Å². The molecule has 0 aliphatic rings. The molecule has 3 nitrogen and oxygen atoms in total. The molecule has 144 valence electrons. The van der Waals surface area contributed by atoms with Crippen molar-refractivity contribution in [3.05, 3.63) is 108 Å². The van der Waals surface area contributed by atoms with Crippen molar-refractivity contribution in [2.45, 2.75) is 12.8 Å². The van der Waals surface area contributed by atoms with Crippen LogP contribution in [0.4, 0.5) is 0 Å². The van der Waals surface area contributed by atoms with Crippen molar-refractivity contribution in [1.82, 2.24) is 0 Å². The Balaban J connectivity index is 2.03. The lowest BCUT2D eigenvalue weighted by Gasteiger charge is -2.23. The lowest BCUT2D eigenvalue weighted by Crippen LogP contribution is -2.08. The molecule has 0 spiro atoms. The van der Waals surface area contributed by atoms with E-state index < -0.39 is 0 Å². The molecule has 0 N–H and O–H groups in total. The Morgan fingerprint density at radius 1 is 0.759 bits per heavy atom. The number of fused-ring (bicyclic) bond motifs is 1. The van der Waals surface area contributed by atoms with Crippen LogP contribution in [-0.2, 0) is 4.79 Å². The number of ether oxygens (including phenoxy) is 2. The highest BCUT2D eigenvalue weighted by molar-refractivity contribution is 5.96. The molecule has 0 atom stereocenters. The van der Waals surface area contributed by atoms with Gasteiger partial charge in [-0.25, -0.2) is 0 Å². The van der Waals surface area contributed by atoms with E-state index in [2.05, 4.69) is 54.6 Å². The standard InChI is InChI=1S/C26H22O3/c1-18(27)29-26-22-16-10-9-15-21(22)23(17-24(26)28-2)25(19-11-5-3-6-12-19)20-13-7-4-8-14-20/h3-17,25H,1-2H3. The Kier molecular flexibility index (Phi) is 5.30. The first-order valence-corrected chi connectivity index (χ1v) is 9.57. The van der Waals surface area contributed by atoms with E-state index in [9.17, 15) is 4.79 Å². The van der Waals surface area contributed by atoms with E-state index in [0.717, 1.165) is 16.3 Å². The summed E-state index contributed by atoms with van der Waals surface area (Å²) in [6, 6.07) is 30.8. The molecule has 4 aromatic carbocycles. The maximum Gasteiger partial charge on any atom is 0.308 e. The summed E-state index contributed by atoms with van der Waals surface area (Å²) in [5.41, 5.74) is 3.48. The Morgan fingerprint density at radius 2 is 1.28 bits per heavy atom. The minimum Gasteiger partial charge on any atom is -0.493 e. The van der Waals surface area contributed by atoms with Gasteiger partial charge in [0.15, 0.2) is 11.5 Å². The number of hydrogen-bond donors (Lipinski definition) is 0. The fourth-order valence-electron chi connectivity index (χ4n) is 3.83. The summed E-state index contributed by atoms with van der Waals surface area (Å²) in [5.74, 6) is 0.649. The Bertz CT molecular complexity index is 1100. The van der Waals surface area contributed by atoms with Crippen molar-refractivity contribution in [2.75, 3.05) is 7.11 Å². The lowest BCUT2D eigenvalue weighted by atomic mass is 9.82. The molecule has 4 aromatic rings. The van der Waals surface area contributed by atoms with E-state index in [0.29, 0.717) is 11.5 Å². The number of benzene rings is 4. The summed E-state index contributed by atoms with van der Waals surface area (Å²) in [7, 11) is 1.60. The van der Waals surface area contributed by atoms with Gasteiger partial charge in [0.25, 0.3) is 0 Å². The van der Waals surface area contributed by atoms with Gasteiger partial charge in [-0.1, -0.05) is 84.9 Å². The van der Waals surface area contributed by atoms with Crippen LogP contribution in [0, 0.1) is 0 Å². The number of rotatable bonds is 5. The summed E-state index contributed by atoms with van der Waals surface area (Å²) in [4.78, 5) is 11.7. The summed E-state index contributed by atoms with van der Waals surface area (Å²) in [6.45, 7) is 1.40. The van der Waals surface area contributed by atoms with Gasteiger partial charge in [-0.05, 0) is 28.1 Å². The van der Waals surface area contributed by atoms with Gasteiger partial charge >= 0.3 is 5.97 Å². The van der Waals surface area contributed by atoms with E-state index >= 15 is 0 Å². The zero-order valence-corrected chi connectivity index (χ0v) is 16.5. The van der Waals surface area contributed by atoms with Gasteiger partial charge in [0, 0.05) is 18.2 Å². The molecule has 0 radical (unpaired) electrons. The van der Waals surface area contributed by atoms with Crippen molar-refractivity contribution in [3.63, 3.8) is 0 Å². The summed E-state index contributed by atoms with van der Waals surface area (Å²) in [6.07, 6.45) is 0. The fraction of sp³-hybridized carbons (Fsp3) is 0.115. The topological polar surface area (TPSA) is 35.5 Å². The van der Waals surface area contributed by atoms with Crippen molar-refractivity contribution in [3.8, 4) is 11.5 Å². The van der Waals surface area contributed by atoms with E-state index in [4.69, 9.17) is 9.47 Å². The Morgan fingerprint density at radius 3 is 1.79 bits per heavy atom. The van der Waals surface area contributed by atoms with Crippen LogP contribution < -0.4 is 9.47 Å². The van der Waals surface area contributed by atoms with Crippen LogP contribution in [0.3, 0.4) is 0 Å². The molecule has 3 heteroatoms. The van der Waals surface area contributed by atoms with Crippen molar-refractivity contribution in [1.29, 1.82) is 0 Å². The molecule has 0 heterocycles. The van der Waals surface area contributed by atoms with Crippen LogP contribution in [0.25, 0.3) is 10.8 Å². The van der Waals surface area contributed by atoms with Crippen molar-refractivity contribution in [2.24, 2.45) is 0 Å². The van der Waals surface area contributed by atoms with E-state index in [1.807, 2.05) is 36.4 Å². The first-order chi connectivity index (χ1) is 14.2. The molecule has 0 bridgehead atoms. The van der Waals surface area contributed by atoms with Crippen LogP contribution in [0.1, 0.15) is 29.5 Å². The van der Waals surface area contributed by atoms with Crippen LogP contribution in [-0.4, -0.2) is 13.1 Å². The second-order valence-corrected chi connectivity index (χ2v) is 6.89. The maximum atomic E-state index is 11.7. The van der Waals surface area contributed by atoms with E-state index in [1.54, 1.807) is 7.11 Å². The number of methoxy groups -OCH3 is 1. The van der Waals surface area contributed by atoms with Crippen LogP contribution in [0.15, 0.2) is 91.0 Å². The molecule has 4 rings (SSSR count). The van der Waals surface area contributed by atoms with Gasteiger partial charge in [-0.2, -0.15) is 0 Å². The van der Waals surface area contributed by atoms with Gasteiger partial charge < -0.3 is 9.47 Å². The monoisotopic (exact) mass is 382 g/mol. The van der Waals surface area contributed by atoms with Gasteiger partial charge in [0.05, 0.1) is 7.11 Å². The maximum absolute atomic E-state index is 11.7. The minimum absolute atomic E-state index is 0.0163. The predicted octanol–water partition coefficient (Wildman–Crippen LogP) is 5.95. The predicted molar refractivity (Wildman–Crippen MR) is 116 cm³/mol. The van der Waals surface area contributed by atoms with Gasteiger partial charge in [0.2, 0.25) is 0 Å². The van der Waals surface area contributed by atoms with Crippen LogP contribution in [0.2, 0.25) is 0 Å². The molecule has 0 unspecified atom stereocenters. The van der Waals surface area contributed by atoms with Crippen molar-refractivity contribution >= 4 is 16.7 Å². The number of carbonyl (C=O) groups excluding carboxylic acids is 1. The molecular weight excluding hydrogens is 360 g/mol. The fourth-order valence-corrected chi connectivity index (χ4v) is 3.83. The zero-order chi connectivity index (χ0) is 20.2. The molecule has 29 heavy (non-hydrogen) atoms. The highest BCUT2D eigenvalue weighted by atomic mass is 16.6. The third kappa shape index (κ3) is 3.72. The average Bonchev–Trinajstić information content (AvgIpc) is 2.76. The number of hydrogen-bond acceptors (Lipinski definition) is 3. The summed E-state index contributed by atoms with van der Waals surface area (Å²) >= 11 is 0. The van der Waals surface area contributed by atoms with Gasteiger partial charge in [-0.15, -0.1) is 0 Å². The normalized spacial score (nSPS) is 10.9. The third-order valence-electron chi connectivity index (χ3n) is 5.04. The van der Waals surface area contributed by atoms with Crippen LogP contribution in [0.5, 0.6) is 11.5 Å². The summed E-state index contributed by atoms with van der Waals surface area (Å²) in [5, 5.41) is 1.89. The van der Waals surface area contributed by atoms with E-state index in [1.165, 1.54) is 18.1 Å². The Labute approximate surface area is 170 Å². The molecule has 0 fully saturated rings. The first-order valence-electron chi connectivity index (χ1n) is 9.57. The molecule has 0 aliphatic heterocycles. The highest BCUT2D eigenvalue weighted by Crippen LogP contribution is 2.44.